The Morgan fingerprint density at radius 1 is 1.64 bits per heavy atom. The van der Waals surface area contributed by atoms with Crippen LogP contribution in [0.2, 0.25) is 13.1 Å². The molecular formula is C7H14ClNOSi. The Balaban J connectivity index is 2.65. The lowest BCUT2D eigenvalue weighted by molar-refractivity contribution is -0.124. The van der Waals surface area contributed by atoms with Gasteiger partial charge < -0.3 is 4.57 Å². The van der Waals surface area contributed by atoms with Crippen LogP contribution in [0.25, 0.3) is 0 Å². The summed E-state index contributed by atoms with van der Waals surface area (Å²) < 4.78 is 2.01. The van der Waals surface area contributed by atoms with Gasteiger partial charge in [-0.1, -0.05) is 13.1 Å². The van der Waals surface area contributed by atoms with Crippen molar-refractivity contribution < 1.29 is 4.79 Å². The molecule has 64 valence electrons. The summed E-state index contributed by atoms with van der Waals surface area (Å²) in [5.74, 6) is 0.308. The standard InChI is InChI=1S/C7H14ClNOSi/c1-11(2,6-8)9-5-3-4-7(9)10/h3-6H2,1-2H3. The van der Waals surface area contributed by atoms with Gasteiger partial charge in [0.2, 0.25) is 5.91 Å². The summed E-state index contributed by atoms with van der Waals surface area (Å²) >= 11 is 5.81. The van der Waals surface area contributed by atoms with E-state index in [1.54, 1.807) is 0 Å². The van der Waals surface area contributed by atoms with E-state index in [1.165, 1.54) is 0 Å². The second kappa shape index (κ2) is 3.15. The average molecular weight is 192 g/mol. The average Bonchev–Trinajstić information content (AvgIpc) is 2.36. The highest BCUT2D eigenvalue weighted by Gasteiger charge is 2.35. The zero-order chi connectivity index (χ0) is 8.48. The molecule has 0 aromatic heterocycles. The summed E-state index contributed by atoms with van der Waals surface area (Å²) in [7, 11) is -1.56. The van der Waals surface area contributed by atoms with Gasteiger partial charge in [0.05, 0.1) is 0 Å². The Morgan fingerprint density at radius 3 is 2.64 bits per heavy atom. The van der Waals surface area contributed by atoms with E-state index < -0.39 is 8.24 Å². The van der Waals surface area contributed by atoms with Gasteiger partial charge in [0.1, 0.15) is 0 Å². The number of halogens is 1. The molecule has 1 aliphatic rings. The van der Waals surface area contributed by atoms with Gasteiger partial charge in [0.15, 0.2) is 8.24 Å². The van der Waals surface area contributed by atoms with Crippen molar-refractivity contribution in [2.75, 3.05) is 12.0 Å². The van der Waals surface area contributed by atoms with Crippen LogP contribution in [0.15, 0.2) is 0 Å². The van der Waals surface area contributed by atoms with Crippen molar-refractivity contribution >= 4 is 25.7 Å². The Kier molecular flexibility index (Phi) is 2.60. The molecule has 4 heteroatoms. The fourth-order valence-corrected chi connectivity index (χ4v) is 3.49. The summed E-state index contributed by atoms with van der Waals surface area (Å²) in [5.41, 5.74) is 0.652. The van der Waals surface area contributed by atoms with E-state index in [1.807, 2.05) is 4.57 Å². The minimum Gasteiger partial charge on any atom is -0.369 e. The first kappa shape index (κ1) is 9.07. The maximum atomic E-state index is 11.3. The molecule has 0 aromatic carbocycles. The number of carbonyl (C=O) groups is 1. The van der Waals surface area contributed by atoms with Gasteiger partial charge in [-0.2, -0.15) is 0 Å². The molecule has 1 fully saturated rings. The van der Waals surface area contributed by atoms with Crippen molar-refractivity contribution in [1.82, 2.24) is 4.57 Å². The highest BCUT2D eigenvalue weighted by molar-refractivity contribution is 6.82. The normalized spacial score (nSPS) is 19.5. The van der Waals surface area contributed by atoms with E-state index >= 15 is 0 Å². The molecule has 0 saturated carbocycles. The molecule has 0 spiro atoms. The first-order valence-electron chi connectivity index (χ1n) is 3.94. The molecule has 1 rings (SSSR count). The molecule has 1 saturated heterocycles. The molecule has 2 nitrogen and oxygen atoms in total. The Labute approximate surface area is 73.6 Å². The zero-order valence-corrected chi connectivity index (χ0v) is 8.82. The van der Waals surface area contributed by atoms with Crippen LogP contribution in [0.1, 0.15) is 12.8 Å². The van der Waals surface area contributed by atoms with Crippen LogP contribution in [-0.2, 0) is 4.79 Å². The molecular weight excluding hydrogens is 178 g/mol. The van der Waals surface area contributed by atoms with Gasteiger partial charge in [0.25, 0.3) is 0 Å². The molecule has 1 aliphatic heterocycles. The lowest BCUT2D eigenvalue weighted by Crippen LogP contribution is -2.51. The summed E-state index contributed by atoms with van der Waals surface area (Å²) in [5, 5.41) is 0. The molecule has 0 bridgehead atoms. The van der Waals surface area contributed by atoms with Crippen LogP contribution >= 0.6 is 11.6 Å². The first-order valence-corrected chi connectivity index (χ1v) is 7.63. The van der Waals surface area contributed by atoms with Crippen molar-refractivity contribution in [3.05, 3.63) is 0 Å². The molecule has 0 atom stereocenters. The predicted molar refractivity (Wildman–Crippen MR) is 49.1 cm³/mol. The van der Waals surface area contributed by atoms with Gasteiger partial charge in [0, 0.05) is 18.5 Å². The zero-order valence-electron chi connectivity index (χ0n) is 7.06. The van der Waals surface area contributed by atoms with Gasteiger partial charge in [-0.05, 0) is 6.42 Å². The van der Waals surface area contributed by atoms with E-state index in [0.717, 1.165) is 19.4 Å². The maximum Gasteiger partial charge on any atom is 0.214 e. The SMILES string of the molecule is C[Si](C)(CCl)N1CCCC1=O. The third kappa shape index (κ3) is 1.76. The molecule has 11 heavy (non-hydrogen) atoms. The van der Waals surface area contributed by atoms with Crippen LogP contribution in [0.5, 0.6) is 0 Å². The highest BCUT2D eigenvalue weighted by atomic mass is 35.5. The molecule has 1 amide bonds. The second-order valence-electron chi connectivity index (χ2n) is 3.59. The minimum absolute atomic E-state index is 0.308. The van der Waals surface area contributed by atoms with Crippen molar-refractivity contribution in [2.45, 2.75) is 25.9 Å². The number of alkyl halides is 1. The topological polar surface area (TPSA) is 20.3 Å². The number of carbonyl (C=O) groups excluding carboxylic acids is 1. The Bertz CT molecular complexity index is 172. The molecule has 0 radical (unpaired) electrons. The van der Waals surface area contributed by atoms with Gasteiger partial charge in [-0.15, -0.1) is 11.6 Å². The van der Waals surface area contributed by atoms with Crippen molar-refractivity contribution in [2.24, 2.45) is 0 Å². The predicted octanol–water partition coefficient (Wildman–Crippen LogP) is 1.59. The summed E-state index contributed by atoms with van der Waals surface area (Å²) in [6.07, 6.45) is 1.75. The third-order valence-electron chi connectivity index (χ3n) is 2.13. The van der Waals surface area contributed by atoms with E-state index in [0.29, 0.717) is 11.4 Å². The van der Waals surface area contributed by atoms with E-state index in [4.69, 9.17) is 11.6 Å². The van der Waals surface area contributed by atoms with Crippen LogP contribution in [-0.4, -0.2) is 30.8 Å². The number of amides is 1. The van der Waals surface area contributed by atoms with Crippen LogP contribution in [0.3, 0.4) is 0 Å². The lowest BCUT2D eigenvalue weighted by Gasteiger charge is -2.31. The van der Waals surface area contributed by atoms with E-state index in [-0.39, 0.29) is 0 Å². The van der Waals surface area contributed by atoms with Gasteiger partial charge in [-0.25, -0.2) is 0 Å². The maximum absolute atomic E-state index is 11.3. The first-order chi connectivity index (χ1) is 5.08. The number of rotatable bonds is 2. The quantitative estimate of drug-likeness (QED) is 0.480. The van der Waals surface area contributed by atoms with E-state index in [9.17, 15) is 4.79 Å². The van der Waals surface area contributed by atoms with Crippen LogP contribution < -0.4 is 0 Å². The molecule has 0 aliphatic carbocycles. The molecule has 0 N–H and O–H groups in total. The number of hydrogen-bond acceptors (Lipinski definition) is 1. The third-order valence-corrected chi connectivity index (χ3v) is 6.68. The van der Waals surface area contributed by atoms with Gasteiger partial charge >= 0.3 is 0 Å². The fraction of sp³-hybridized carbons (Fsp3) is 0.857. The van der Waals surface area contributed by atoms with Crippen LogP contribution in [0.4, 0.5) is 0 Å². The molecule has 0 aromatic rings. The number of hydrogen-bond donors (Lipinski definition) is 0. The summed E-state index contributed by atoms with van der Waals surface area (Å²) in [4.78, 5) is 11.3. The summed E-state index contributed by atoms with van der Waals surface area (Å²) in [6, 6.07) is 0. The van der Waals surface area contributed by atoms with Crippen molar-refractivity contribution in [3.8, 4) is 0 Å². The smallest absolute Gasteiger partial charge is 0.214 e. The van der Waals surface area contributed by atoms with Gasteiger partial charge in [-0.3, -0.25) is 4.79 Å². The van der Waals surface area contributed by atoms with E-state index in [2.05, 4.69) is 13.1 Å². The lowest BCUT2D eigenvalue weighted by atomic mass is 10.4. The second-order valence-corrected chi connectivity index (χ2v) is 8.83. The fourth-order valence-electron chi connectivity index (χ4n) is 1.36. The molecule has 1 heterocycles. The highest BCUT2D eigenvalue weighted by Crippen LogP contribution is 2.19. The van der Waals surface area contributed by atoms with Crippen molar-refractivity contribution in [3.63, 3.8) is 0 Å². The Morgan fingerprint density at radius 2 is 2.27 bits per heavy atom. The summed E-state index contributed by atoms with van der Waals surface area (Å²) in [6.45, 7) is 5.22. The monoisotopic (exact) mass is 191 g/mol. The minimum atomic E-state index is -1.56. The number of nitrogens with zero attached hydrogens (tertiary/aromatic N) is 1. The van der Waals surface area contributed by atoms with Crippen LogP contribution in [0, 0.1) is 0 Å². The Hall–Kier alpha value is -0.0231. The molecule has 0 unspecified atom stereocenters. The van der Waals surface area contributed by atoms with Crippen molar-refractivity contribution in [1.29, 1.82) is 0 Å². The largest absolute Gasteiger partial charge is 0.369 e.